The summed E-state index contributed by atoms with van der Waals surface area (Å²) in [6.07, 6.45) is -2.56. The fourth-order valence-corrected chi connectivity index (χ4v) is 2.85. The van der Waals surface area contributed by atoms with Crippen molar-refractivity contribution in [2.45, 2.75) is 18.0 Å². The van der Waals surface area contributed by atoms with Crippen molar-refractivity contribution in [1.82, 2.24) is 0 Å². The van der Waals surface area contributed by atoms with E-state index >= 15 is 0 Å². The Morgan fingerprint density at radius 3 is 2.45 bits per heavy atom. The Morgan fingerprint density at radius 2 is 2.00 bits per heavy atom. The predicted octanol–water partition coefficient (Wildman–Crippen LogP) is 2.38. The molecular weight excluding hydrogens is 319 g/mol. The van der Waals surface area contributed by atoms with Crippen LogP contribution < -0.4 is 10.6 Å². The topological polar surface area (TPSA) is 87.2 Å². The van der Waals surface area contributed by atoms with Crippen LogP contribution in [0.5, 0.6) is 0 Å². The van der Waals surface area contributed by atoms with Gasteiger partial charge in [0.15, 0.2) is 9.84 Å². The molecule has 1 aromatic rings. The molecule has 0 unspecified atom stereocenters. The van der Waals surface area contributed by atoms with Crippen LogP contribution in [-0.4, -0.2) is 27.4 Å². The molecule has 0 saturated heterocycles. The van der Waals surface area contributed by atoms with Crippen LogP contribution >= 0.6 is 0 Å². The van der Waals surface area contributed by atoms with Gasteiger partial charge in [0.05, 0.1) is 21.9 Å². The van der Waals surface area contributed by atoms with Crippen molar-refractivity contribution in [2.75, 3.05) is 17.7 Å². The van der Waals surface area contributed by atoms with Crippen molar-refractivity contribution in [2.24, 2.45) is 5.73 Å². The maximum Gasteiger partial charge on any atom is 0.416 e. The molecule has 0 aliphatic rings. The summed E-state index contributed by atoms with van der Waals surface area (Å²) in [6.45, 7) is 1.34. The van der Waals surface area contributed by atoms with Gasteiger partial charge in [0.1, 0.15) is 5.82 Å². The van der Waals surface area contributed by atoms with Gasteiger partial charge in [-0.15, -0.1) is 0 Å². The van der Waals surface area contributed by atoms with Crippen molar-refractivity contribution in [3.05, 3.63) is 35.7 Å². The van der Waals surface area contributed by atoms with E-state index in [1.165, 1.54) is 24.9 Å². The van der Waals surface area contributed by atoms with E-state index in [0.717, 1.165) is 18.3 Å². The van der Waals surface area contributed by atoms with E-state index in [0.29, 0.717) is 6.07 Å². The molecule has 0 heterocycles. The predicted molar refractivity (Wildman–Crippen MR) is 78.6 cm³/mol. The largest absolute Gasteiger partial charge is 0.416 e. The van der Waals surface area contributed by atoms with Crippen LogP contribution in [0, 0.1) is 5.41 Å². The van der Waals surface area contributed by atoms with Crippen molar-refractivity contribution in [3.63, 3.8) is 0 Å². The zero-order chi connectivity index (χ0) is 17.1. The first-order chi connectivity index (χ1) is 10.0. The number of sulfone groups is 1. The average Bonchev–Trinajstić information content (AvgIpc) is 2.45. The Bertz CT molecular complexity index is 697. The van der Waals surface area contributed by atoms with Gasteiger partial charge in [-0.1, -0.05) is 6.92 Å². The first kappa shape index (κ1) is 18.0. The van der Waals surface area contributed by atoms with Gasteiger partial charge in [0.25, 0.3) is 0 Å². The number of nitrogens with two attached hydrogens (primary N) is 1. The molecule has 0 aliphatic heterocycles. The van der Waals surface area contributed by atoms with Crippen LogP contribution in [0.3, 0.4) is 0 Å². The number of hydrogen-bond donors (Lipinski definition) is 2. The van der Waals surface area contributed by atoms with Gasteiger partial charge in [-0.05, 0) is 24.3 Å². The summed E-state index contributed by atoms with van der Waals surface area (Å²) in [6, 6.07) is 2.44. The molecule has 22 heavy (non-hydrogen) atoms. The minimum absolute atomic E-state index is 0.0189. The van der Waals surface area contributed by atoms with Crippen LogP contribution in [-0.2, 0) is 16.0 Å². The number of allylic oxidation sites excluding steroid dienone is 1. The molecule has 5 nitrogen and oxygen atoms in total. The molecule has 1 rings (SSSR count). The van der Waals surface area contributed by atoms with Crippen molar-refractivity contribution in [3.8, 4) is 0 Å². The normalized spacial score (nSPS) is 13.0. The number of nitrogens with zero attached hydrogens (tertiary/aromatic N) is 1. The number of nitrogens with one attached hydrogen (secondary N) is 1. The SMILES string of the molecule is CCS(=O)(=O)c1cc(C(F)(F)F)ccc1N(C)/C(N)=C\C=N. The number of anilines is 1. The molecule has 3 N–H and O–H groups in total. The second kappa shape index (κ2) is 6.39. The lowest BCUT2D eigenvalue weighted by molar-refractivity contribution is -0.137. The van der Waals surface area contributed by atoms with E-state index in [1.807, 2.05) is 0 Å². The third kappa shape index (κ3) is 3.79. The molecule has 0 amide bonds. The smallest absolute Gasteiger partial charge is 0.385 e. The highest BCUT2D eigenvalue weighted by molar-refractivity contribution is 7.91. The summed E-state index contributed by atoms with van der Waals surface area (Å²) in [5.74, 6) is -0.314. The number of rotatable bonds is 5. The molecule has 122 valence electrons. The Kier molecular flexibility index (Phi) is 5.23. The average molecular weight is 335 g/mol. The van der Waals surface area contributed by atoms with Gasteiger partial charge in [0, 0.05) is 13.3 Å². The summed E-state index contributed by atoms with van der Waals surface area (Å²) in [5, 5.41) is 6.94. The molecule has 0 bridgehead atoms. The summed E-state index contributed by atoms with van der Waals surface area (Å²) < 4.78 is 62.6. The maximum atomic E-state index is 12.8. The Balaban J connectivity index is 3.59. The molecule has 0 radical (unpaired) electrons. The minimum Gasteiger partial charge on any atom is -0.385 e. The molecule has 9 heteroatoms. The van der Waals surface area contributed by atoms with Gasteiger partial charge in [-0.2, -0.15) is 13.2 Å². The van der Waals surface area contributed by atoms with Crippen LogP contribution in [0.2, 0.25) is 0 Å². The van der Waals surface area contributed by atoms with Crippen LogP contribution in [0.25, 0.3) is 0 Å². The molecular formula is C13H16F3N3O2S. The molecule has 0 saturated carbocycles. The van der Waals surface area contributed by atoms with Gasteiger partial charge >= 0.3 is 6.18 Å². The van der Waals surface area contributed by atoms with E-state index in [9.17, 15) is 21.6 Å². The Hall–Kier alpha value is -2.03. The second-order valence-corrected chi connectivity index (χ2v) is 6.65. The molecule has 0 aliphatic carbocycles. The lowest BCUT2D eigenvalue weighted by Crippen LogP contribution is -2.25. The Labute approximate surface area is 126 Å². The number of halogens is 3. The minimum atomic E-state index is -4.65. The van der Waals surface area contributed by atoms with Gasteiger partial charge < -0.3 is 16.0 Å². The lowest BCUT2D eigenvalue weighted by atomic mass is 10.2. The maximum absolute atomic E-state index is 12.8. The van der Waals surface area contributed by atoms with Crippen LogP contribution in [0.1, 0.15) is 12.5 Å². The quantitative estimate of drug-likeness (QED) is 0.809. The Morgan fingerprint density at radius 1 is 1.41 bits per heavy atom. The standard InChI is InChI=1S/C13H16F3N3O2S/c1-3-22(20,21)11-8-9(13(14,15)16)4-5-10(11)19(2)12(18)6-7-17/h4-8,17H,3,18H2,1-2H3/b12-6-,17-7?. The third-order valence-electron chi connectivity index (χ3n) is 3.00. The number of alkyl halides is 3. The zero-order valence-corrected chi connectivity index (χ0v) is 12.8. The van der Waals surface area contributed by atoms with E-state index in [-0.39, 0.29) is 17.3 Å². The fourth-order valence-electron chi connectivity index (χ4n) is 1.71. The van der Waals surface area contributed by atoms with Crippen LogP contribution in [0.15, 0.2) is 35.0 Å². The lowest BCUT2D eigenvalue weighted by Gasteiger charge is -2.23. The van der Waals surface area contributed by atoms with E-state index in [4.69, 9.17) is 11.1 Å². The molecule has 0 atom stereocenters. The highest BCUT2D eigenvalue weighted by Gasteiger charge is 2.33. The van der Waals surface area contributed by atoms with Crippen molar-refractivity contribution in [1.29, 1.82) is 5.41 Å². The van der Waals surface area contributed by atoms with Crippen LogP contribution in [0.4, 0.5) is 18.9 Å². The number of hydrogen-bond acceptors (Lipinski definition) is 5. The van der Waals surface area contributed by atoms with E-state index in [1.54, 1.807) is 0 Å². The molecule has 1 aromatic carbocycles. The molecule has 0 aromatic heterocycles. The van der Waals surface area contributed by atoms with E-state index in [2.05, 4.69) is 0 Å². The molecule has 0 fully saturated rings. The highest BCUT2D eigenvalue weighted by atomic mass is 32.2. The fraction of sp³-hybridized carbons (Fsp3) is 0.308. The molecule has 0 spiro atoms. The van der Waals surface area contributed by atoms with Gasteiger partial charge in [-0.25, -0.2) is 8.42 Å². The second-order valence-electron chi connectivity index (χ2n) is 4.40. The summed E-state index contributed by atoms with van der Waals surface area (Å²) in [7, 11) is -2.48. The summed E-state index contributed by atoms with van der Waals surface area (Å²) in [4.78, 5) is 0.766. The van der Waals surface area contributed by atoms with Crippen molar-refractivity contribution >= 4 is 21.7 Å². The summed E-state index contributed by atoms with van der Waals surface area (Å²) in [5.41, 5.74) is 4.63. The first-order valence-corrected chi connectivity index (χ1v) is 7.83. The third-order valence-corrected chi connectivity index (χ3v) is 4.76. The first-order valence-electron chi connectivity index (χ1n) is 6.18. The van der Waals surface area contributed by atoms with Crippen molar-refractivity contribution < 1.29 is 21.6 Å². The van der Waals surface area contributed by atoms with E-state index < -0.39 is 26.5 Å². The van der Waals surface area contributed by atoms with Gasteiger partial charge in [0.2, 0.25) is 0 Å². The number of benzene rings is 1. The summed E-state index contributed by atoms with van der Waals surface area (Å²) >= 11 is 0. The highest BCUT2D eigenvalue weighted by Crippen LogP contribution is 2.35. The van der Waals surface area contributed by atoms with Gasteiger partial charge in [-0.3, -0.25) is 0 Å². The monoisotopic (exact) mass is 335 g/mol. The zero-order valence-electron chi connectivity index (χ0n) is 12.0.